The van der Waals surface area contributed by atoms with Crippen LogP contribution in [-0.2, 0) is 6.54 Å². The van der Waals surface area contributed by atoms with Crippen molar-refractivity contribution >= 4 is 21.6 Å². The monoisotopic (exact) mass is 311 g/mol. The second-order valence-corrected chi connectivity index (χ2v) is 6.21. The molecule has 1 aliphatic rings. The Morgan fingerprint density at radius 3 is 2.39 bits per heavy atom. The Balaban J connectivity index is 1.91. The van der Waals surface area contributed by atoms with Crippen molar-refractivity contribution in [3.8, 4) is 0 Å². The van der Waals surface area contributed by atoms with Gasteiger partial charge in [-0.1, -0.05) is 15.9 Å². The van der Waals surface area contributed by atoms with Crippen molar-refractivity contribution in [1.29, 1.82) is 0 Å². The lowest BCUT2D eigenvalue weighted by atomic mass is 10.1. The summed E-state index contributed by atoms with van der Waals surface area (Å²) in [6.07, 6.45) is 0. The third kappa shape index (κ3) is 3.70. The number of benzene rings is 1. The summed E-state index contributed by atoms with van der Waals surface area (Å²) in [6, 6.07) is 6.83. The van der Waals surface area contributed by atoms with Gasteiger partial charge < -0.3 is 5.73 Å². The van der Waals surface area contributed by atoms with E-state index >= 15 is 0 Å². The van der Waals surface area contributed by atoms with Crippen LogP contribution in [0.2, 0.25) is 0 Å². The summed E-state index contributed by atoms with van der Waals surface area (Å²) in [6.45, 7) is 10.2. The van der Waals surface area contributed by atoms with E-state index in [1.54, 1.807) is 0 Å². The molecule has 1 aromatic rings. The Morgan fingerprint density at radius 1 is 1.17 bits per heavy atom. The maximum atomic E-state index is 5.87. The largest absolute Gasteiger partial charge is 0.399 e. The molecule has 0 spiro atoms. The van der Waals surface area contributed by atoms with Gasteiger partial charge in [0.2, 0.25) is 0 Å². The van der Waals surface area contributed by atoms with E-state index in [1.165, 1.54) is 18.7 Å². The number of rotatable bonds is 3. The zero-order valence-corrected chi connectivity index (χ0v) is 12.8. The van der Waals surface area contributed by atoms with E-state index in [0.717, 1.165) is 29.8 Å². The highest BCUT2D eigenvalue weighted by molar-refractivity contribution is 9.10. The Labute approximate surface area is 118 Å². The van der Waals surface area contributed by atoms with Crippen molar-refractivity contribution in [3.63, 3.8) is 0 Å². The number of hydrogen-bond acceptors (Lipinski definition) is 3. The third-order valence-electron chi connectivity index (χ3n) is 3.52. The summed E-state index contributed by atoms with van der Waals surface area (Å²) in [5.41, 5.74) is 7.99. The Hall–Kier alpha value is -0.580. The number of halogens is 1. The van der Waals surface area contributed by atoms with Crippen molar-refractivity contribution in [2.45, 2.75) is 26.4 Å². The summed E-state index contributed by atoms with van der Waals surface area (Å²) in [5, 5.41) is 0. The molecule has 0 bridgehead atoms. The van der Waals surface area contributed by atoms with Gasteiger partial charge in [0.05, 0.1) is 0 Å². The van der Waals surface area contributed by atoms with E-state index in [4.69, 9.17) is 5.73 Å². The van der Waals surface area contributed by atoms with Crippen molar-refractivity contribution in [1.82, 2.24) is 9.80 Å². The van der Waals surface area contributed by atoms with Crippen LogP contribution >= 0.6 is 15.9 Å². The molecule has 1 aliphatic heterocycles. The molecule has 0 atom stereocenters. The molecule has 0 radical (unpaired) electrons. The molecule has 18 heavy (non-hydrogen) atoms. The van der Waals surface area contributed by atoms with Crippen LogP contribution in [0, 0.1) is 0 Å². The quantitative estimate of drug-likeness (QED) is 0.871. The Kier molecular flexibility index (Phi) is 4.65. The van der Waals surface area contributed by atoms with Gasteiger partial charge in [-0.3, -0.25) is 9.80 Å². The number of nitrogen functional groups attached to an aromatic ring is 1. The highest BCUT2D eigenvalue weighted by Crippen LogP contribution is 2.19. The standard InChI is InChI=1S/C14H22BrN3/c1-11(2)18-5-3-17(4-6-18)10-12-7-13(15)9-14(16)8-12/h7-9,11H,3-6,10,16H2,1-2H3. The lowest BCUT2D eigenvalue weighted by Gasteiger charge is -2.37. The molecule has 0 amide bonds. The normalized spacial score (nSPS) is 18.4. The molecule has 2 N–H and O–H groups in total. The molecule has 1 saturated heterocycles. The minimum absolute atomic E-state index is 0.661. The van der Waals surface area contributed by atoms with E-state index in [0.29, 0.717) is 6.04 Å². The Morgan fingerprint density at radius 2 is 1.83 bits per heavy atom. The second-order valence-electron chi connectivity index (χ2n) is 5.30. The Bertz CT molecular complexity index is 378. The summed E-state index contributed by atoms with van der Waals surface area (Å²) < 4.78 is 1.07. The van der Waals surface area contributed by atoms with Crippen molar-refractivity contribution in [2.24, 2.45) is 0 Å². The molecular weight excluding hydrogens is 290 g/mol. The summed E-state index contributed by atoms with van der Waals surface area (Å²) in [7, 11) is 0. The van der Waals surface area contributed by atoms with Crippen LogP contribution in [0.1, 0.15) is 19.4 Å². The molecule has 0 aliphatic carbocycles. The minimum Gasteiger partial charge on any atom is -0.399 e. The maximum absolute atomic E-state index is 5.87. The van der Waals surface area contributed by atoms with Crippen molar-refractivity contribution in [2.75, 3.05) is 31.9 Å². The van der Waals surface area contributed by atoms with Crippen LogP contribution in [-0.4, -0.2) is 42.0 Å². The highest BCUT2D eigenvalue weighted by atomic mass is 79.9. The fourth-order valence-electron chi connectivity index (χ4n) is 2.46. The first kappa shape index (κ1) is 13.8. The zero-order chi connectivity index (χ0) is 13.1. The van der Waals surface area contributed by atoms with Crippen LogP contribution in [0.3, 0.4) is 0 Å². The van der Waals surface area contributed by atoms with E-state index in [2.05, 4.69) is 51.7 Å². The molecule has 1 fully saturated rings. The van der Waals surface area contributed by atoms with Crippen molar-refractivity contribution < 1.29 is 0 Å². The zero-order valence-electron chi connectivity index (χ0n) is 11.2. The maximum Gasteiger partial charge on any atom is 0.0328 e. The highest BCUT2D eigenvalue weighted by Gasteiger charge is 2.18. The van der Waals surface area contributed by atoms with E-state index in [-0.39, 0.29) is 0 Å². The molecule has 0 unspecified atom stereocenters. The lowest BCUT2D eigenvalue weighted by molar-refractivity contribution is 0.104. The number of nitrogens with zero attached hydrogens (tertiary/aromatic N) is 2. The van der Waals surface area contributed by atoms with Gasteiger partial charge in [0.25, 0.3) is 0 Å². The van der Waals surface area contributed by atoms with E-state index in [1.807, 2.05) is 6.07 Å². The first-order chi connectivity index (χ1) is 8.54. The van der Waals surface area contributed by atoms with Crippen molar-refractivity contribution in [3.05, 3.63) is 28.2 Å². The molecule has 3 nitrogen and oxygen atoms in total. The average Bonchev–Trinajstić information content (AvgIpc) is 2.28. The van der Waals surface area contributed by atoms with Gasteiger partial charge in [0.15, 0.2) is 0 Å². The van der Waals surface area contributed by atoms with E-state index in [9.17, 15) is 0 Å². The van der Waals surface area contributed by atoms with Gasteiger partial charge in [-0.25, -0.2) is 0 Å². The van der Waals surface area contributed by atoms with Gasteiger partial charge in [-0.05, 0) is 37.6 Å². The second kappa shape index (κ2) is 6.04. The van der Waals surface area contributed by atoms with Gasteiger partial charge >= 0.3 is 0 Å². The number of anilines is 1. The van der Waals surface area contributed by atoms with Gasteiger partial charge in [0, 0.05) is 48.9 Å². The lowest BCUT2D eigenvalue weighted by Crippen LogP contribution is -2.48. The molecule has 0 aromatic heterocycles. The number of nitrogens with two attached hydrogens (primary N) is 1. The SMILES string of the molecule is CC(C)N1CCN(Cc2cc(N)cc(Br)c2)CC1. The van der Waals surface area contributed by atoms with E-state index < -0.39 is 0 Å². The number of piperazine rings is 1. The summed E-state index contributed by atoms with van der Waals surface area (Å²) in [4.78, 5) is 5.03. The van der Waals surface area contributed by atoms with Crippen LogP contribution < -0.4 is 5.73 Å². The first-order valence-corrected chi connectivity index (χ1v) is 7.35. The molecule has 1 aromatic carbocycles. The molecule has 4 heteroatoms. The summed E-state index contributed by atoms with van der Waals surface area (Å²) >= 11 is 3.50. The predicted molar refractivity (Wildman–Crippen MR) is 80.5 cm³/mol. The van der Waals surface area contributed by atoms with Crippen LogP contribution in [0.5, 0.6) is 0 Å². The molecule has 0 saturated carbocycles. The van der Waals surface area contributed by atoms with Gasteiger partial charge in [0.1, 0.15) is 0 Å². The molecule has 2 rings (SSSR count). The smallest absolute Gasteiger partial charge is 0.0328 e. The molecule has 100 valence electrons. The number of hydrogen-bond donors (Lipinski definition) is 1. The fraction of sp³-hybridized carbons (Fsp3) is 0.571. The fourth-order valence-corrected chi connectivity index (χ4v) is 3.02. The topological polar surface area (TPSA) is 32.5 Å². The molecule has 1 heterocycles. The average molecular weight is 312 g/mol. The van der Waals surface area contributed by atoms with Gasteiger partial charge in [-0.15, -0.1) is 0 Å². The summed E-state index contributed by atoms with van der Waals surface area (Å²) in [5.74, 6) is 0. The van der Waals surface area contributed by atoms with Crippen LogP contribution in [0.15, 0.2) is 22.7 Å². The predicted octanol–water partition coefficient (Wildman–Crippen LogP) is 2.56. The molecular formula is C14H22BrN3. The minimum atomic E-state index is 0.661. The third-order valence-corrected chi connectivity index (χ3v) is 3.98. The van der Waals surface area contributed by atoms with Crippen LogP contribution in [0.4, 0.5) is 5.69 Å². The van der Waals surface area contributed by atoms with Gasteiger partial charge in [-0.2, -0.15) is 0 Å². The first-order valence-electron chi connectivity index (χ1n) is 6.56. The van der Waals surface area contributed by atoms with Crippen LogP contribution in [0.25, 0.3) is 0 Å².